The van der Waals surface area contributed by atoms with Crippen molar-refractivity contribution in [3.63, 3.8) is 0 Å². The maximum absolute atomic E-state index is 14.0. The average molecular weight is 295 g/mol. The number of nitrogens with zero attached hydrogens (tertiary/aromatic N) is 2. The fourth-order valence-electron chi connectivity index (χ4n) is 2.08. The summed E-state index contributed by atoms with van der Waals surface area (Å²) in [6, 6.07) is 2.09. The number of hydrogen-bond donors (Lipinski definition) is 1. The lowest BCUT2D eigenvalue weighted by molar-refractivity contribution is 0.448. The van der Waals surface area contributed by atoms with E-state index in [-0.39, 0.29) is 11.3 Å². The van der Waals surface area contributed by atoms with Gasteiger partial charge in [0.25, 0.3) is 0 Å². The van der Waals surface area contributed by atoms with Crippen LogP contribution in [0.5, 0.6) is 0 Å². The van der Waals surface area contributed by atoms with E-state index in [1.54, 1.807) is 0 Å². The zero-order valence-electron chi connectivity index (χ0n) is 11.9. The Morgan fingerprint density at radius 3 is 2.48 bits per heavy atom. The fraction of sp³-hybridized carbons (Fsp3) is 0.333. The molecule has 0 bridgehead atoms. The Morgan fingerprint density at radius 1 is 1.05 bits per heavy atom. The third-order valence-corrected chi connectivity index (χ3v) is 3.13. The molecule has 21 heavy (non-hydrogen) atoms. The third-order valence-electron chi connectivity index (χ3n) is 3.13. The Balaban J connectivity index is 2.56. The van der Waals surface area contributed by atoms with Crippen molar-refractivity contribution in [3.8, 4) is 11.3 Å². The first-order chi connectivity index (χ1) is 10.1. The lowest BCUT2D eigenvalue weighted by atomic mass is 10.0. The summed E-state index contributed by atoms with van der Waals surface area (Å²) >= 11 is 0. The van der Waals surface area contributed by atoms with Crippen molar-refractivity contribution in [1.82, 2.24) is 9.97 Å². The first-order valence-electron chi connectivity index (χ1n) is 6.81. The maximum atomic E-state index is 14.0. The highest BCUT2D eigenvalue weighted by atomic mass is 19.2. The highest BCUT2D eigenvalue weighted by Gasteiger charge is 2.19. The Labute approximate surface area is 121 Å². The third kappa shape index (κ3) is 2.99. The standard InChI is InChI=1S/C15H16F3N3/c1-3-7-19-15-9(4-2)14(20-8-21-15)10-5-6-11(16)13(18)12(10)17/h5-6,8H,3-4,7H2,1-2H3,(H,19,20,21). The maximum Gasteiger partial charge on any atom is 0.195 e. The summed E-state index contributed by atoms with van der Waals surface area (Å²) in [6.45, 7) is 4.59. The topological polar surface area (TPSA) is 37.8 Å². The quantitative estimate of drug-likeness (QED) is 0.849. The van der Waals surface area contributed by atoms with E-state index in [0.29, 0.717) is 24.3 Å². The van der Waals surface area contributed by atoms with Crippen LogP contribution in [0, 0.1) is 17.5 Å². The SMILES string of the molecule is CCCNc1ncnc(-c2ccc(F)c(F)c2F)c1CC. The molecule has 2 aromatic rings. The summed E-state index contributed by atoms with van der Waals surface area (Å²) in [5.74, 6) is -3.35. The molecular formula is C15H16F3N3. The molecular weight excluding hydrogens is 279 g/mol. The van der Waals surface area contributed by atoms with Crippen LogP contribution in [0.15, 0.2) is 18.5 Å². The van der Waals surface area contributed by atoms with E-state index in [2.05, 4.69) is 15.3 Å². The van der Waals surface area contributed by atoms with Gasteiger partial charge in [0.15, 0.2) is 17.5 Å². The lowest BCUT2D eigenvalue weighted by Gasteiger charge is -2.13. The van der Waals surface area contributed by atoms with Crippen molar-refractivity contribution < 1.29 is 13.2 Å². The first-order valence-corrected chi connectivity index (χ1v) is 6.81. The van der Waals surface area contributed by atoms with Crippen LogP contribution in [0.2, 0.25) is 0 Å². The molecule has 0 radical (unpaired) electrons. The van der Waals surface area contributed by atoms with Crippen molar-refractivity contribution in [2.75, 3.05) is 11.9 Å². The molecule has 1 aromatic carbocycles. The number of hydrogen-bond acceptors (Lipinski definition) is 3. The predicted molar refractivity (Wildman–Crippen MR) is 75.5 cm³/mol. The van der Waals surface area contributed by atoms with Crippen LogP contribution in [-0.4, -0.2) is 16.5 Å². The highest BCUT2D eigenvalue weighted by Crippen LogP contribution is 2.30. The minimum Gasteiger partial charge on any atom is -0.370 e. The van der Waals surface area contributed by atoms with Crippen molar-refractivity contribution in [2.45, 2.75) is 26.7 Å². The summed E-state index contributed by atoms with van der Waals surface area (Å²) in [5, 5.41) is 3.13. The molecule has 0 spiro atoms. The van der Waals surface area contributed by atoms with Gasteiger partial charge in [0.1, 0.15) is 12.1 Å². The van der Waals surface area contributed by atoms with Gasteiger partial charge in [0, 0.05) is 17.7 Å². The van der Waals surface area contributed by atoms with Gasteiger partial charge >= 0.3 is 0 Å². The van der Waals surface area contributed by atoms with Crippen molar-refractivity contribution in [1.29, 1.82) is 0 Å². The van der Waals surface area contributed by atoms with Gasteiger partial charge in [-0.25, -0.2) is 23.1 Å². The van der Waals surface area contributed by atoms with Gasteiger partial charge in [0.2, 0.25) is 0 Å². The van der Waals surface area contributed by atoms with Gasteiger partial charge in [-0.05, 0) is 25.0 Å². The molecule has 0 atom stereocenters. The van der Waals surface area contributed by atoms with Crippen LogP contribution in [0.1, 0.15) is 25.8 Å². The second-order valence-electron chi connectivity index (χ2n) is 4.55. The number of rotatable bonds is 5. The molecule has 0 aliphatic carbocycles. The normalized spacial score (nSPS) is 10.7. The molecule has 112 valence electrons. The molecule has 3 nitrogen and oxygen atoms in total. The van der Waals surface area contributed by atoms with E-state index in [1.165, 1.54) is 12.4 Å². The zero-order chi connectivity index (χ0) is 15.4. The number of aromatic nitrogens is 2. The van der Waals surface area contributed by atoms with Crippen LogP contribution in [0.3, 0.4) is 0 Å². The fourth-order valence-corrected chi connectivity index (χ4v) is 2.08. The van der Waals surface area contributed by atoms with Gasteiger partial charge in [-0.15, -0.1) is 0 Å². The minimum absolute atomic E-state index is 0.0623. The average Bonchev–Trinajstić information content (AvgIpc) is 2.50. The van der Waals surface area contributed by atoms with Crippen molar-refractivity contribution in [3.05, 3.63) is 41.5 Å². The molecule has 0 saturated carbocycles. The van der Waals surface area contributed by atoms with Crippen molar-refractivity contribution in [2.24, 2.45) is 0 Å². The van der Waals surface area contributed by atoms with Gasteiger partial charge in [-0.2, -0.15) is 0 Å². The molecule has 0 aliphatic rings. The summed E-state index contributed by atoms with van der Waals surface area (Å²) in [4.78, 5) is 8.17. The molecule has 1 N–H and O–H groups in total. The van der Waals surface area contributed by atoms with Gasteiger partial charge < -0.3 is 5.32 Å². The van der Waals surface area contributed by atoms with E-state index in [9.17, 15) is 13.2 Å². The molecule has 0 fully saturated rings. The monoisotopic (exact) mass is 295 g/mol. The Hall–Kier alpha value is -2.11. The van der Waals surface area contributed by atoms with Crippen LogP contribution in [-0.2, 0) is 6.42 Å². The lowest BCUT2D eigenvalue weighted by Crippen LogP contribution is -2.08. The van der Waals surface area contributed by atoms with E-state index in [4.69, 9.17) is 0 Å². The second-order valence-corrected chi connectivity index (χ2v) is 4.55. The number of halogens is 3. The molecule has 0 unspecified atom stereocenters. The molecule has 1 aromatic heterocycles. The first kappa shape index (κ1) is 15.3. The number of nitrogens with one attached hydrogen (secondary N) is 1. The molecule has 0 saturated heterocycles. The van der Waals surface area contributed by atoms with Crippen LogP contribution in [0.4, 0.5) is 19.0 Å². The van der Waals surface area contributed by atoms with E-state index in [1.807, 2.05) is 13.8 Å². The Kier molecular flexibility index (Phi) is 4.77. The summed E-state index contributed by atoms with van der Waals surface area (Å²) in [7, 11) is 0. The summed E-state index contributed by atoms with van der Waals surface area (Å²) in [5.41, 5.74) is 0.894. The molecule has 6 heteroatoms. The molecule has 0 amide bonds. The van der Waals surface area contributed by atoms with Crippen LogP contribution < -0.4 is 5.32 Å². The van der Waals surface area contributed by atoms with Gasteiger partial charge in [-0.1, -0.05) is 13.8 Å². The number of benzene rings is 1. The van der Waals surface area contributed by atoms with E-state index < -0.39 is 17.5 Å². The molecule has 1 heterocycles. The van der Waals surface area contributed by atoms with Crippen LogP contribution in [0.25, 0.3) is 11.3 Å². The second kappa shape index (κ2) is 6.56. The Morgan fingerprint density at radius 2 is 1.81 bits per heavy atom. The van der Waals surface area contributed by atoms with E-state index in [0.717, 1.165) is 12.5 Å². The summed E-state index contributed by atoms with van der Waals surface area (Å²) in [6.07, 6.45) is 2.73. The van der Waals surface area contributed by atoms with Crippen LogP contribution >= 0.6 is 0 Å². The zero-order valence-corrected chi connectivity index (χ0v) is 11.9. The highest BCUT2D eigenvalue weighted by molar-refractivity contribution is 5.68. The largest absolute Gasteiger partial charge is 0.370 e. The number of anilines is 1. The minimum atomic E-state index is -1.49. The molecule has 2 rings (SSSR count). The smallest absolute Gasteiger partial charge is 0.195 e. The Bertz CT molecular complexity index is 644. The molecule has 0 aliphatic heterocycles. The summed E-state index contributed by atoms with van der Waals surface area (Å²) < 4.78 is 40.4. The van der Waals surface area contributed by atoms with Gasteiger partial charge in [-0.3, -0.25) is 0 Å². The predicted octanol–water partition coefficient (Wildman–Crippen LogP) is 3.95. The van der Waals surface area contributed by atoms with Gasteiger partial charge in [0.05, 0.1) is 5.69 Å². The van der Waals surface area contributed by atoms with E-state index >= 15 is 0 Å². The van der Waals surface area contributed by atoms with Crippen molar-refractivity contribution >= 4 is 5.82 Å².